The van der Waals surface area contributed by atoms with Crippen LogP contribution in [0.25, 0.3) is 0 Å². The van der Waals surface area contributed by atoms with Gasteiger partial charge in [0.15, 0.2) is 12.8 Å². The van der Waals surface area contributed by atoms with Crippen molar-refractivity contribution in [3.8, 4) is 5.75 Å². The number of nitrogens with zero attached hydrogens (tertiary/aromatic N) is 1. The van der Waals surface area contributed by atoms with Crippen LogP contribution in [-0.2, 0) is 27.5 Å². The minimum Gasteiger partial charge on any atom is -0.378 e. The summed E-state index contributed by atoms with van der Waals surface area (Å²) < 4.78 is 70.0. The molecule has 0 fully saturated rings. The third-order valence-electron chi connectivity index (χ3n) is 4.57. The van der Waals surface area contributed by atoms with Crippen LogP contribution in [0.4, 0.5) is 13.2 Å². The SMILES string of the molecule is C/[N+](=C\c1ccccc1OS(=O)(=O)c1ccc(C(F)(F)F)cc1)NC(=O)Cc1ccc(Cl)c(Cl)c1. The average molecular weight is 546 g/mol. The van der Waals surface area contributed by atoms with Crippen molar-refractivity contribution in [3.63, 3.8) is 0 Å². The summed E-state index contributed by atoms with van der Waals surface area (Å²) in [5, 5.41) is 0.682. The molecule has 3 aromatic rings. The van der Waals surface area contributed by atoms with Gasteiger partial charge in [-0.3, -0.25) is 4.79 Å². The number of amides is 1. The topological polar surface area (TPSA) is 75.5 Å². The Morgan fingerprint density at radius 3 is 2.31 bits per heavy atom. The van der Waals surface area contributed by atoms with Crippen molar-refractivity contribution in [1.29, 1.82) is 0 Å². The van der Waals surface area contributed by atoms with Gasteiger partial charge in [0.1, 0.15) is 4.90 Å². The number of nitrogens with one attached hydrogen (secondary N) is 1. The maximum Gasteiger partial charge on any atom is 0.416 e. The first-order chi connectivity index (χ1) is 16.3. The zero-order valence-corrected chi connectivity index (χ0v) is 20.3. The molecule has 0 bridgehead atoms. The molecule has 0 spiro atoms. The largest absolute Gasteiger partial charge is 0.416 e. The molecule has 35 heavy (non-hydrogen) atoms. The molecule has 3 aromatic carbocycles. The molecule has 0 aliphatic heterocycles. The molecule has 0 aliphatic carbocycles. The lowest BCUT2D eigenvalue weighted by molar-refractivity contribution is -0.541. The number of rotatable bonds is 7. The van der Waals surface area contributed by atoms with Gasteiger partial charge in [-0.15, -0.1) is 10.1 Å². The normalized spacial score (nSPS) is 12.3. The molecule has 1 amide bonds. The van der Waals surface area contributed by atoms with E-state index in [4.69, 9.17) is 27.4 Å². The second-order valence-corrected chi connectivity index (χ2v) is 9.66. The molecule has 12 heteroatoms. The van der Waals surface area contributed by atoms with Crippen molar-refractivity contribution in [2.45, 2.75) is 17.5 Å². The Bertz CT molecular complexity index is 1380. The van der Waals surface area contributed by atoms with E-state index >= 15 is 0 Å². The highest BCUT2D eigenvalue weighted by molar-refractivity contribution is 7.87. The van der Waals surface area contributed by atoms with Crippen molar-refractivity contribution in [1.82, 2.24) is 5.43 Å². The van der Waals surface area contributed by atoms with Crippen LogP contribution in [0.3, 0.4) is 0 Å². The molecule has 184 valence electrons. The van der Waals surface area contributed by atoms with Gasteiger partial charge in [0.05, 0.1) is 27.6 Å². The second-order valence-electron chi connectivity index (χ2n) is 7.30. The third-order valence-corrected chi connectivity index (χ3v) is 6.56. The Labute approximate surface area is 209 Å². The number of halogens is 5. The van der Waals surface area contributed by atoms with E-state index in [1.807, 2.05) is 0 Å². The molecule has 0 atom stereocenters. The van der Waals surface area contributed by atoms with Gasteiger partial charge in [-0.1, -0.05) is 41.4 Å². The summed E-state index contributed by atoms with van der Waals surface area (Å²) in [5.41, 5.74) is 2.55. The predicted molar refractivity (Wildman–Crippen MR) is 125 cm³/mol. The van der Waals surface area contributed by atoms with Crippen LogP contribution >= 0.6 is 23.2 Å². The second kappa shape index (κ2) is 10.7. The van der Waals surface area contributed by atoms with E-state index in [0.717, 1.165) is 12.1 Å². The molecular weight excluding hydrogens is 528 g/mol. The van der Waals surface area contributed by atoms with Crippen LogP contribution in [0.5, 0.6) is 5.75 Å². The van der Waals surface area contributed by atoms with E-state index in [1.165, 1.54) is 30.1 Å². The first kappa shape index (κ1) is 26.5. The first-order valence-corrected chi connectivity index (χ1v) is 12.0. The Hall–Kier alpha value is -3.08. The van der Waals surface area contributed by atoms with E-state index < -0.39 is 26.8 Å². The molecule has 0 unspecified atom stereocenters. The minimum absolute atomic E-state index is 0.00944. The average Bonchev–Trinajstić information content (AvgIpc) is 2.77. The molecule has 6 nitrogen and oxygen atoms in total. The fourth-order valence-electron chi connectivity index (χ4n) is 2.95. The number of hydrogen-bond donors (Lipinski definition) is 1. The Morgan fingerprint density at radius 2 is 1.69 bits per heavy atom. The summed E-state index contributed by atoms with van der Waals surface area (Å²) >= 11 is 11.8. The summed E-state index contributed by atoms with van der Waals surface area (Å²) in [5.74, 6) is -0.462. The van der Waals surface area contributed by atoms with Crippen LogP contribution in [0, 0.1) is 0 Å². The lowest BCUT2D eigenvalue weighted by Crippen LogP contribution is -2.34. The van der Waals surface area contributed by atoms with E-state index in [1.54, 1.807) is 30.3 Å². The summed E-state index contributed by atoms with van der Waals surface area (Å²) in [6.45, 7) is 0. The van der Waals surface area contributed by atoms with Gasteiger partial charge in [0.2, 0.25) is 6.21 Å². The van der Waals surface area contributed by atoms with Crippen molar-refractivity contribution < 1.29 is 35.3 Å². The number of alkyl halides is 3. The minimum atomic E-state index is -4.60. The fraction of sp³-hybridized carbons (Fsp3) is 0.130. The monoisotopic (exact) mass is 545 g/mol. The highest BCUT2D eigenvalue weighted by atomic mass is 35.5. The zero-order valence-electron chi connectivity index (χ0n) is 18.0. The number of hydrazine groups is 1. The van der Waals surface area contributed by atoms with Crippen LogP contribution < -0.4 is 9.61 Å². The summed E-state index contributed by atoms with van der Waals surface area (Å²) in [4.78, 5) is 11.9. The molecule has 0 heterocycles. The summed E-state index contributed by atoms with van der Waals surface area (Å²) in [7, 11) is -2.90. The number of para-hydroxylation sites is 1. The maximum atomic E-state index is 12.8. The Balaban J connectivity index is 1.75. The van der Waals surface area contributed by atoms with Crippen molar-refractivity contribution in [3.05, 3.63) is 93.5 Å². The van der Waals surface area contributed by atoms with Gasteiger partial charge >= 0.3 is 16.3 Å². The fourth-order valence-corrected chi connectivity index (χ4v) is 4.23. The highest BCUT2D eigenvalue weighted by Crippen LogP contribution is 2.30. The maximum absolute atomic E-state index is 12.8. The number of benzene rings is 3. The van der Waals surface area contributed by atoms with Gasteiger partial charge < -0.3 is 4.18 Å². The van der Waals surface area contributed by atoms with E-state index in [9.17, 15) is 26.4 Å². The number of hydrazone groups is 1. The number of hydrogen-bond acceptors (Lipinski definition) is 4. The molecular formula is C23H18Cl2F3N2O4S+. The molecule has 0 aliphatic rings. The molecule has 0 radical (unpaired) electrons. The zero-order chi connectivity index (χ0) is 25.8. The van der Waals surface area contributed by atoms with Gasteiger partial charge in [-0.05, 0) is 54.1 Å². The first-order valence-electron chi connectivity index (χ1n) is 9.87. The van der Waals surface area contributed by atoms with Gasteiger partial charge in [-0.25, -0.2) is 0 Å². The molecule has 0 saturated heterocycles. The lowest BCUT2D eigenvalue weighted by Gasteiger charge is -2.10. The lowest BCUT2D eigenvalue weighted by atomic mass is 10.1. The van der Waals surface area contributed by atoms with Crippen LogP contribution in [0.15, 0.2) is 71.6 Å². The van der Waals surface area contributed by atoms with E-state index in [0.29, 0.717) is 33.3 Å². The Morgan fingerprint density at radius 1 is 1.03 bits per heavy atom. The summed E-state index contributed by atoms with van der Waals surface area (Å²) in [6, 6.07) is 13.8. The van der Waals surface area contributed by atoms with Gasteiger partial charge in [-0.2, -0.15) is 21.6 Å². The molecule has 0 aromatic heterocycles. The van der Waals surface area contributed by atoms with Crippen molar-refractivity contribution in [2.75, 3.05) is 7.05 Å². The van der Waals surface area contributed by atoms with Crippen molar-refractivity contribution in [2.24, 2.45) is 0 Å². The number of carbonyl (C=O) groups excluding carboxylic acids is 1. The van der Waals surface area contributed by atoms with Crippen LogP contribution in [-0.4, -0.2) is 32.3 Å². The Kier molecular flexibility index (Phi) is 8.09. The van der Waals surface area contributed by atoms with Crippen LogP contribution in [0.1, 0.15) is 16.7 Å². The molecule has 1 N–H and O–H groups in total. The van der Waals surface area contributed by atoms with Gasteiger partial charge in [0, 0.05) is 0 Å². The molecule has 3 rings (SSSR count). The summed E-state index contributed by atoms with van der Waals surface area (Å²) in [6.07, 6.45) is -3.17. The van der Waals surface area contributed by atoms with E-state index in [2.05, 4.69) is 5.43 Å². The smallest absolute Gasteiger partial charge is 0.378 e. The van der Waals surface area contributed by atoms with E-state index in [-0.39, 0.29) is 18.1 Å². The highest BCUT2D eigenvalue weighted by Gasteiger charge is 2.31. The standard InChI is InChI=1S/C23H17Cl2F3N2O4S/c1-30(29-22(31)13-15-6-11-19(24)20(25)12-15)14-16-4-2-3-5-21(16)34-35(32,33)18-9-7-17(8-10-18)23(26,27)28/h2-12,14H,13H2,1H3/p+1/b30-14+. The van der Waals surface area contributed by atoms with Crippen molar-refractivity contribution >= 4 is 45.4 Å². The quantitative estimate of drug-likeness (QED) is 0.193. The number of carbonyl (C=O) groups is 1. The predicted octanol–water partition coefficient (Wildman–Crippen LogP) is 5.12. The van der Waals surface area contributed by atoms with Gasteiger partial charge in [0.25, 0.3) is 5.91 Å². The van der Waals surface area contributed by atoms with Crippen LogP contribution in [0.2, 0.25) is 10.0 Å². The third kappa shape index (κ3) is 7.20. The molecule has 0 saturated carbocycles.